The van der Waals surface area contributed by atoms with Crippen LogP contribution >= 0.6 is 0 Å². The van der Waals surface area contributed by atoms with Gasteiger partial charge >= 0.3 is 6.18 Å². The number of nitrogens with one attached hydrogen (secondary N) is 1. The molecule has 0 saturated carbocycles. The fraction of sp³-hybridized carbons (Fsp3) is 0.692. The molecule has 0 aliphatic carbocycles. The van der Waals surface area contributed by atoms with Gasteiger partial charge in [0, 0.05) is 32.3 Å². The fourth-order valence-electron chi connectivity index (χ4n) is 2.20. The van der Waals surface area contributed by atoms with E-state index in [2.05, 4.69) is 15.3 Å². The van der Waals surface area contributed by atoms with Crippen molar-refractivity contribution in [2.45, 2.75) is 32.5 Å². The first-order valence-corrected chi connectivity index (χ1v) is 6.97. The lowest BCUT2D eigenvalue weighted by atomic mass is 10.3. The van der Waals surface area contributed by atoms with Crippen molar-refractivity contribution in [1.82, 2.24) is 9.97 Å². The highest BCUT2D eigenvalue weighted by atomic mass is 19.4. The molecule has 1 saturated heterocycles. The zero-order valence-electron chi connectivity index (χ0n) is 12.1. The fourth-order valence-corrected chi connectivity index (χ4v) is 2.20. The molecule has 8 heteroatoms. The van der Waals surface area contributed by atoms with Gasteiger partial charge in [-0.15, -0.1) is 0 Å². The summed E-state index contributed by atoms with van der Waals surface area (Å²) in [6.45, 7) is 5.93. The van der Waals surface area contributed by atoms with E-state index in [1.807, 2.05) is 11.8 Å². The van der Waals surface area contributed by atoms with Gasteiger partial charge < -0.3 is 15.0 Å². The number of halogens is 3. The zero-order valence-corrected chi connectivity index (χ0v) is 12.1. The molecule has 21 heavy (non-hydrogen) atoms. The first-order valence-electron chi connectivity index (χ1n) is 6.97. The maximum Gasteiger partial charge on any atom is 0.451 e. The first-order chi connectivity index (χ1) is 9.90. The van der Waals surface area contributed by atoms with Crippen LogP contribution in [0, 0.1) is 0 Å². The SMILES string of the molecule is CCNc1cc(N2CCCOC(C)C2)nc(C(F)(F)F)n1. The Hall–Kier alpha value is -1.57. The molecule has 1 unspecified atom stereocenters. The minimum absolute atomic E-state index is 0.0422. The van der Waals surface area contributed by atoms with Crippen LogP contribution in [0.2, 0.25) is 0 Å². The van der Waals surface area contributed by atoms with Gasteiger partial charge in [-0.2, -0.15) is 13.2 Å². The van der Waals surface area contributed by atoms with E-state index in [0.29, 0.717) is 26.2 Å². The van der Waals surface area contributed by atoms with Crippen LogP contribution in [0.15, 0.2) is 6.07 Å². The van der Waals surface area contributed by atoms with Gasteiger partial charge in [0.05, 0.1) is 6.10 Å². The minimum atomic E-state index is -4.56. The van der Waals surface area contributed by atoms with Crippen LogP contribution in [0.5, 0.6) is 0 Å². The normalized spacial score (nSPS) is 20.2. The molecule has 2 heterocycles. The van der Waals surface area contributed by atoms with Gasteiger partial charge in [0.1, 0.15) is 11.6 Å². The van der Waals surface area contributed by atoms with E-state index in [1.54, 1.807) is 13.0 Å². The lowest BCUT2D eigenvalue weighted by molar-refractivity contribution is -0.144. The van der Waals surface area contributed by atoms with Gasteiger partial charge in [0.2, 0.25) is 5.82 Å². The molecule has 0 spiro atoms. The van der Waals surface area contributed by atoms with E-state index in [9.17, 15) is 13.2 Å². The quantitative estimate of drug-likeness (QED) is 0.930. The largest absolute Gasteiger partial charge is 0.451 e. The Kier molecular flexibility index (Phi) is 4.87. The van der Waals surface area contributed by atoms with Gasteiger partial charge in [0.15, 0.2) is 0 Å². The van der Waals surface area contributed by atoms with Gasteiger partial charge in [-0.25, -0.2) is 9.97 Å². The molecular formula is C13H19F3N4O. The highest BCUT2D eigenvalue weighted by Gasteiger charge is 2.36. The van der Waals surface area contributed by atoms with Crippen molar-refractivity contribution in [1.29, 1.82) is 0 Å². The third kappa shape index (κ3) is 4.20. The van der Waals surface area contributed by atoms with Crippen LogP contribution in [0.1, 0.15) is 26.1 Å². The number of ether oxygens (including phenoxy) is 1. The second-order valence-corrected chi connectivity index (χ2v) is 4.94. The first kappa shape index (κ1) is 15.8. The summed E-state index contributed by atoms with van der Waals surface area (Å²) in [7, 11) is 0. The van der Waals surface area contributed by atoms with Crippen LogP contribution in [0.25, 0.3) is 0 Å². The van der Waals surface area contributed by atoms with E-state index < -0.39 is 12.0 Å². The highest BCUT2D eigenvalue weighted by Crippen LogP contribution is 2.29. The number of rotatable bonds is 3. The second kappa shape index (κ2) is 6.46. The topological polar surface area (TPSA) is 50.3 Å². The Labute approximate surface area is 121 Å². The zero-order chi connectivity index (χ0) is 15.5. The summed E-state index contributed by atoms with van der Waals surface area (Å²) in [6, 6.07) is 1.55. The van der Waals surface area contributed by atoms with Crippen molar-refractivity contribution < 1.29 is 17.9 Å². The standard InChI is InChI=1S/C13H19F3N4O/c1-3-17-10-7-11(19-12(18-10)13(14,15)16)20-5-4-6-21-9(2)8-20/h7,9H,3-6,8H2,1-2H3,(H,17,18,19). The van der Waals surface area contributed by atoms with Crippen LogP contribution < -0.4 is 10.2 Å². The van der Waals surface area contributed by atoms with Crippen molar-refractivity contribution >= 4 is 11.6 Å². The van der Waals surface area contributed by atoms with E-state index in [-0.39, 0.29) is 17.7 Å². The summed E-state index contributed by atoms with van der Waals surface area (Å²) in [5.74, 6) is -0.646. The van der Waals surface area contributed by atoms with Crippen LogP contribution in [-0.2, 0) is 10.9 Å². The summed E-state index contributed by atoms with van der Waals surface area (Å²) >= 11 is 0. The van der Waals surface area contributed by atoms with Crippen LogP contribution in [-0.4, -0.2) is 42.3 Å². The van der Waals surface area contributed by atoms with Crippen LogP contribution in [0.3, 0.4) is 0 Å². The summed E-state index contributed by atoms with van der Waals surface area (Å²) in [4.78, 5) is 9.02. The smallest absolute Gasteiger partial charge is 0.377 e. The lowest BCUT2D eigenvalue weighted by Gasteiger charge is -2.24. The third-order valence-electron chi connectivity index (χ3n) is 3.10. The molecule has 5 nitrogen and oxygen atoms in total. The number of nitrogens with zero attached hydrogens (tertiary/aromatic N) is 3. The average molecular weight is 304 g/mol. The Balaban J connectivity index is 2.34. The van der Waals surface area contributed by atoms with E-state index in [4.69, 9.17) is 4.74 Å². The molecule has 1 aliphatic rings. The predicted molar refractivity (Wildman–Crippen MR) is 73.4 cm³/mol. The summed E-state index contributed by atoms with van der Waals surface area (Å²) in [6.07, 6.45) is -3.85. The second-order valence-electron chi connectivity index (χ2n) is 4.94. The van der Waals surface area contributed by atoms with Crippen LogP contribution in [0.4, 0.5) is 24.8 Å². The Morgan fingerprint density at radius 3 is 2.86 bits per heavy atom. The third-order valence-corrected chi connectivity index (χ3v) is 3.10. The van der Waals surface area contributed by atoms with Crippen molar-refractivity contribution in [2.75, 3.05) is 36.5 Å². The molecule has 1 aliphatic heterocycles. The molecular weight excluding hydrogens is 285 g/mol. The minimum Gasteiger partial charge on any atom is -0.377 e. The number of alkyl halides is 3. The Morgan fingerprint density at radius 1 is 1.43 bits per heavy atom. The monoisotopic (exact) mass is 304 g/mol. The van der Waals surface area contributed by atoms with Gasteiger partial charge in [-0.05, 0) is 20.3 Å². The summed E-state index contributed by atoms with van der Waals surface area (Å²) in [5, 5.41) is 2.82. The van der Waals surface area contributed by atoms with Gasteiger partial charge in [0.25, 0.3) is 0 Å². The predicted octanol–water partition coefficient (Wildman–Crippen LogP) is 2.54. The van der Waals surface area contributed by atoms with Crippen molar-refractivity contribution in [3.05, 3.63) is 11.9 Å². The van der Waals surface area contributed by atoms with Crippen molar-refractivity contribution in [3.8, 4) is 0 Å². The van der Waals surface area contributed by atoms with Crippen molar-refractivity contribution in [3.63, 3.8) is 0 Å². The Bertz CT molecular complexity index is 481. The van der Waals surface area contributed by atoms with E-state index in [0.717, 1.165) is 6.42 Å². The number of aromatic nitrogens is 2. The summed E-state index contributed by atoms with van der Waals surface area (Å²) in [5.41, 5.74) is 0. The molecule has 0 aromatic carbocycles. The molecule has 1 atom stereocenters. The molecule has 1 aromatic rings. The maximum absolute atomic E-state index is 12.9. The Morgan fingerprint density at radius 2 is 2.19 bits per heavy atom. The lowest BCUT2D eigenvalue weighted by Crippen LogP contribution is -2.31. The number of hydrogen-bond donors (Lipinski definition) is 1. The molecule has 0 amide bonds. The molecule has 2 rings (SSSR count). The molecule has 1 aromatic heterocycles. The molecule has 0 radical (unpaired) electrons. The van der Waals surface area contributed by atoms with Gasteiger partial charge in [-0.3, -0.25) is 0 Å². The maximum atomic E-state index is 12.9. The van der Waals surface area contributed by atoms with Gasteiger partial charge in [-0.1, -0.05) is 0 Å². The van der Waals surface area contributed by atoms with Crippen molar-refractivity contribution in [2.24, 2.45) is 0 Å². The summed E-state index contributed by atoms with van der Waals surface area (Å²) < 4.78 is 44.3. The average Bonchev–Trinajstić information content (AvgIpc) is 2.62. The van der Waals surface area contributed by atoms with E-state index in [1.165, 1.54) is 0 Å². The number of anilines is 2. The highest BCUT2D eigenvalue weighted by molar-refractivity contribution is 5.50. The number of hydrogen-bond acceptors (Lipinski definition) is 5. The molecule has 118 valence electrons. The van der Waals surface area contributed by atoms with E-state index >= 15 is 0 Å². The molecule has 1 N–H and O–H groups in total. The molecule has 1 fully saturated rings. The molecule has 0 bridgehead atoms.